The number of halogens is 3. The van der Waals surface area contributed by atoms with Crippen molar-refractivity contribution < 1.29 is 27.4 Å². The van der Waals surface area contributed by atoms with Gasteiger partial charge in [0.15, 0.2) is 6.23 Å². The highest BCUT2D eigenvalue weighted by molar-refractivity contribution is 7.89. The summed E-state index contributed by atoms with van der Waals surface area (Å²) in [6.45, 7) is 1.68. The molecule has 6 nitrogen and oxygen atoms in total. The number of aliphatic hydroxyl groups excluding tert-OH is 1. The molecule has 1 saturated heterocycles. The molecule has 1 heterocycles. The number of aliphatic hydroxyl groups is 2. The first-order chi connectivity index (χ1) is 14.0. The number of hydrogen-bond acceptors (Lipinski definition) is 5. The summed E-state index contributed by atoms with van der Waals surface area (Å²) in [6.07, 6.45) is 0.253. The minimum Gasteiger partial charge on any atom is -0.389 e. The van der Waals surface area contributed by atoms with Crippen molar-refractivity contribution in [3.63, 3.8) is 0 Å². The lowest BCUT2D eigenvalue weighted by Gasteiger charge is -2.28. The van der Waals surface area contributed by atoms with Gasteiger partial charge in [0.2, 0.25) is 10.0 Å². The molecule has 3 rings (SSSR count). The van der Waals surface area contributed by atoms with Crippen LogP contribution in [0.4, 0.5) is 14.5 Å². The Hall–Kier alpha value is -1.78. The van der Waals surface area contributed by atoms with Gasteiger partial charge in [0.25, 0.3) is 0 Å². The van der Waals surface area contributed by atoms with Crippen molar-refractivity contribution in [1.82, 2.24) is 4.31 Å². The molecule has 2 unspecified atom stereocenters. The molecular weight excluding hydrogens is 438 g/mol. The van der Waals surface area contributed by atoms with E-state index in [0.717, 1.165) is 22.5 Å². The first-order valence-electron chi connectivity index (χ1n) is 9.41. The number of hydrogen-bond donors (Lipinski definition) is 3. The van der Waals surface area contributed by atoms with Crippen molar-refractivity contribution in [3.8, 4) is 0 Å². The average molecular weight is 461 g/mol. The van der Waals surface area contributed by atoms with Gasteiger partial charge in [-0.05, 0) is 62.6 Å². The highest BCUT2D eigenvalue weighted by atomic mass is 35.5. The summed E-state index contributed by atoms with van der Waals surface area (Å²) in [5.74, 6) is -1.48. The maximum absolute atomic E-state index is 14.2. The number of anilines is 1. The molecule has 2 aromatic carbocycles. The van der Waals surface area contributed by atoms with Crippen LogP contribution in [0.15, 0.2) is 41.3 Å². The first kappa shape index (κ1) is 22.9. The summed E-state index contributed by atoms with van der Waals surface area (Å²) in [7, 11) is -4.10. The van der Waals surface area contributed by atoms with Gasteiger partial charge in [-0.3, -0.25) is 0 Å². The summed E-state index contributed by atoms with van der Waals surface area (Å²) in [5.41, 5.74) is -0.940. The van der Waals surface area contributed by atoms with Crippen molar-refractivity contribution >= 4 is 27.3 Å². The number of β-amino-alcohol motifs (C(OH)–C–C–N with tert-alkyl or cyclic N) is 1. The van der Waals surface area contributed by atoms with Gasteiger partial charge in [-0.2, -0.15) is 4.31 Å². The molecule has 3 N–H and O–H groups in total. The Kier molecular flexibility index (Phi) is 6.69. The standard InChI is InChI=1S/C20H23ClF2N2O4S/c1-20(27)6-2-3-7-25(12-20)30(28,29)16-9-13(8-14(22)10-16)19(26)24-15-4-5-18(23)17(21)11-15/h4-5,8-11,19,24,26-27H,2-3,6-7,12H2,1H3. The molecule has 2 atom stereocenters. The molecule has 0 aliphatic carbocycles. The second-order valence-electron chi connectivity index (χ2n) is 7.69. The fraction of sp³-hybridized carbons (Fsp3) is 0.400. The maximum Gasteiger partial charge on any atom is 0.243 e. The molecule has 0 bridgehead atoms. The second kappa shape index (κ2) is 8.76. The zero-order valence-electron chi connectivity index (χ0n) is 16.3. The lowest BCUT2D eigenvalue weighted by molar-refractivity contribution is 0.0408. The Balaban J connectivity index is 1.89. The summed E-state index contributed by atoms with van der Waals surface area (Å²) < 4.78 is 54.8. The molecule has 1 aliphatic heterocycles. The van der Waals surface area contributed by atoms with Crippen LogP contribution in [-0.4, -0.2) is 41.6 Å². The third-order valence-corrected chi connectivity index (χ3v) is 7.07. The maximum atomic E-state index is 14.2. The van der Waals surface area contributed by atoms with E-state index in [9.17, 15) is 27.4 Å². The second-order valence-corrected chi connectivity index (χ2v) is 10.0. The molecular formula is C20H23ClF2N2O4S. The van der Waals surface area contributed by atoms with Crippen LogP contribution in [-0.2, 0) is 10.0 Å². The fourth-order valence-corrected chi connectivity index (χ4v) is 5.25. The van der Waals surface area contributed by atoms with Crippen molar-refractivity contribution in [1.29, 1.82) is 0 Å². The topological polar surface area (TPSA) is 89.9 Å². The molecule has 0 radical (unpaired) electrons. The predicted molar refractivity (Wildman–Crippen MR) is 110 cm³/mol. The lowest BCUT2D eigenvalue weighted by atomic mass is 10.0. The van der Waals surface area contributed by atoms with Crippen LogP contribution >= 0.6 is 11.6 Å². The minimum atomic E-state index is -4.10. The van der Waals surface area contributed by atoms with Crippen LogP contribution in [0.25, 0.3) is 0 Å². The predicted octanol–water partition coefficient (Wildman–Crippen LogP) is 3.65. The normalized spacial score (nSPS) is 21.8. The Labute approximate surface area is 179 Å². The Morgan fingerprint density at radius 1 is 1.20 bits per heavy atom. The Bertz CT molecular complexity index is 1030. The molecule has 30 heavy (non-hydrogen) atoms. The zero-order valence-corrected chi connectivity index (χ0v) is 17.8. The van der Waals surface area contributed by atoms with E-state index in [4.69, 9.17) is 11.6 Å². The number of benzene rings is 2. The number of nitrogens with zero attached hydrogens (tertiary/aromatic N) is 1. The van der Waals surface area contributed by atoms with Crippen molar-refractivity contribution in [2.75, 3.05) is 18.4 Å². The van der Waals surface area contributed by atoms with Gasteiger partial charge in [0.05, 0.1) is 15.5 Å². The van der Waals surface area contributed by atoms with E-state index in [1.54, 1.807) is 6.92 Å². The average Bonchev–Trinajstić information content (AvgIpc) is 2.85. The van der Waals surface area contributed by atoms with Gasteiger partial charge in [-0.15, -0.1) is 0 Å². The van der Waals surface area contributed by atoms with Crippen LogP contribution < -0.4 is 5.32 Å². The van der Waals surface area contributed by atoms with Crippen LogP contribution in [0.2, 0.25) is 5.02 Å². The van der Waals surface area contributed by atoms with Crippen LogP contribution in [0, 0.1) is 11.6 Å². The lowest BCUT2D eigenvalue weighted by Crippen LogP contribution is -2.42. The van der Waals surface area contributed by atoms with E-state index in [2.05, 4.69) is 5.32 Å². The summed E-state index contributed by atoms with van der Waals surface area (Å²) in [6, 6.07) is 6.72. The van der Waals surface area contributed by atoms with E-state index < -0.39 is 33.5 Å². The molecule has 1 fully saturated rings. The van der Waals surface area contributed by atoms with Gasteiger partial charge in [-0.1, -0.05) is 11.6 Å². The molecule has 0 spiro atoms. The highest BCUT2D eigenvalue weighted by Crippen LogP contribution is 2.29. The van der Waals surface area contributed by atoms with Crippen molar-refractivity contribution in [2.24, 2.45) is 0 Å². The zero-order chi connectivity index (χ0) is 22.1. The van der Waals surface area contributed by atoms with Gasteiger partial charge in [0, 0.05) is 24.3 Å². The quantitative estimate of drug-likeness (QED) is 0.593. The molecule has 0 amide bonds. The molecule has 0 saturated carbocycles. The van der Waals surface area contributed by atoms with E-state index in [1.807, 2.05) is 0 Å². The molecule has 10 heteroatoms. The fourth-order valence-electron chi connectivity index (χ4n) is 3.40. The van der Waals surface area contributed by atoms with Gasteiger partial charge in [0.1, 0.15) is 11.6 Å². The van der Waals surface area contributed by atoms with Crippen LogP contribution in [0.3, 0.4) is 0 Å². The molecule has 1 aliphatic rings. The van der Waals surface area contributed by atoms with Gasteiger partial charge >= 0.3 is 0 Å². The summed E-state index contributed by atoms with van der Waals surface area (Å²) >= 11 is 5.71. The minimum absolute atomic E-state index is 0.0318. The molecule has 0 aromatic heterocycles. The number of sulfonamides is 1. The SMILES string of the molecule is CC1(O)CCCCN(S(=O)(=O)c2cc(F)cc(C(O)Nc3ccc(F)c(Cl)c3)c2)C1. The number of nitrogens with one attached hydrogen (secondary N) is 1. The van der Waals surface area contributed by atoms with E-state index in [-0.39, 0.29) is 34.3 Å². The highest BCUT2D eigenvalue weighted by Gasteiger charge is 2.34. The Morgan fingerprint density at radius 2 is 1.93 bits per heavy atom. The third-order valence-electron chi connectivity index (χ3n) is 4.96. The van der Waals surface area contributed by atoms with E-state index >= 15 is 0 Å². The monoisotopic (exact) mass is 460 g/mol. The number of rotatable bonds is 5. The first-order valence-corrected chi connectivity index (χ1v) is 11.2. The van der Waals surface area contributed by atoms with Gasteiger partial charge in [-0.25, -0.2) is 17.2 Å². The van der Waals surface area contributed by atoms with E-state index in [1.165, 1.54) is 18.2 Å². The molecule has 2 aromatic rings. The van der Waals surface area contributed by atoms with Crippen molar-refractivity contribution in [2.45, 2.75) is 42.9 Å². The summed E-state index contributed by atoms with van der Waals surface area (Å²) in [5, 5.41) is 23.3. The van der Waals surface area contributed by atoms with Crippen LogP contribution in [0.1, 0.15) is 38.0 Å². The smallest absolute Gasteiger partial charge is 0.243 e. The van der Waals surface area contributed by atoms with Crippen molar-refractivity contribution in [3.05, 3.63) is 58.6 Å². The molecule has 164 valence electrons. The Morgan fingerprint density at radius 3 is 2.63 bits per heavy atom. The van der Waals surface area contributed by atoms with Crippen LogP contribution in [0.5, 0.6) is 0 Å². The largest absolute Gasteiger partial charge is 0.389 e. The third kappa shape index (κ3) is 5.28. The summed E-state index contributed by atoms with van der Waals surface area (Å²) in [4.78, 5) is -0.326. The van der Waals surface area contributed by atoms with E-state index in [0.29, 0.717) is 19.3 Å². The van der Waals surface area contributed by atoms with Gasteiger partial charge < -0.3 is 15.5 Å².